The van der Waals surface area contributed by atoms with Crippen molar-refractivity contribution in [2.24, 2.45) is 0 Å². The summed E-state index contributed by atoms with van der Waals surface area (Å²) in [6.45, 7) is 1.55. The smallest absolute Gasteiger partial charge is 0.274 e. The van der Waals surface area contributed by atoms with Gasteiger partial charge in [-0.05, 0) is 31.7 Å². The lowest BCUT2D eigenvalue weighted by atomic mass is 9.96. The number of imidazole rings is 1. The van der Waals surface area contributed by atoms with Gasteiger partial charge in [-0.25, -0.2) is 4.98 Å². The molecule has 2 aromatic rings. The van der Waals surface area contributed by atoms with Crippen molar-refractivity contribution in [2.75, 3.05) is 13.1 Å². The molecule has 1 aliphatic carbocycles. The first-order chi connectivity index (χ1) is 10.3. The summed E-state index contributed by atoms with van der Waals surface area (Å²) < 4.78 is 0. The van der Waals surface area contributed by atoms with E-state index >= 15 is 0 Å². The van der Waals surface area contributed by atoms with Gasteiger partial charge in [-0.2, -0.15) is 5.10 Å². The molecule has 2 N–H and O–H groups in total. The number of amides is 1. The Morgan fingerprint density at radius 2 is 2.00 bits per heavy atom. The number of likely N-dealkylation sites (tertiary alicyclic amines) is 1. The molecule has 21 heavy (non-hydrogen) atoms. The SMILES string of the molecule is O=C(c1cc(C2CC2)[nH]n1)N1CCC(c2ncc[nH]2)CC1. The second-order valence-corrected chi connectivity index (χ2v) is 6.02. The molecule has 1 saturated heterocycles. The van der Waals surface area contributed by atoms with E-state index in [-0.39, 0.29) is 5.91 Å². The van der Waals surface area contributed by atoms with E-state index in [1.54, 1.807) is 6.20 Å². The summed E-state index contributed by atoms with van der Waals surface area (Å²) in [5.41, 5.74) is 1.68. The molecule has 6 heteroatoms. The Morgan fingerprint density at radius 1 is 1.19 bits per heavy atom. The number of carbonyl (C=O) groups excluding carboxylic acids is 1. The Hall–Kier alpha value is -2.11. The maximum atomic E-state index is 12.5. The fourth-order valence-electron chi connectivity index (χ4n) is 3.07. The highest BCUT2D eigenvalue weighted by molar-refractivity contribution is 5.92. The van der Waals surface area contributed by atoms with Crippen LogP contribution in [0.1, 0.15) is 59.5 Å². The summed E-state index contributed by atoms with van der Waals surface area (Å²) in [5.74, 6) is 2.13. The topological polar surface area (TPSA) is 77.7 Å². The Morgan fingerprint density at radius 3 is 2.67 bits per heavy atom. The van der Waals surface area contributed by atoms with E-state index < -0.39 is 0 Å². The van der Waals surface area contributed by atoms with Crippen molar-refractivity contribution >= 4 is 5.91 Å². The van der Waals surface area contributed by atoms with Crippen LogP contribution >= 0.6 is 0 Å². The van der Waals surface area contributed by atoms with Gasteiger partial charge in [0.25, 0.3) is 5.91 Å². The number of hydrogen-bond acceptors (Lipinski definition) is 3. The quantitative estimate of drug-likeness (QED) is 0.905. The van der Waals surface area contributed by atoms with E-state index in [1.165, 1.54) is 12.8 Å². The lowest BCUT2D eigenvalue weighted by Gasteiger charge is -2.30. The summed E-state index contributed by atoms with van der Waals surface area (Å²) in [7, 11) is 0. The van der Waals surface area contributed by atoms with Gasteiger partial charge in [-0.1, -0.05) is 0 Å². The van der Waals surface area contributed by atoms with Crippen molar-refractivity contribution in [1.29, 1.82) is 0 Å². The number of H-pyrrole nitrogens is 2. The molecular formula is C15H19N5O. The van der Waals surface area contributed by atoms with Crippen LogP contribution in [0.15, 0.2) is 18.5 Å². The molecular weight excluding hydrogens is 266 g/mol. The Labute approximate surface area is 123 Å². The lowest BCUT2D eigenvalue weighted by Crippen LogP contribution is -2.38. The van der Waals surface area contributed by atoms with Gasteiger partial charge in [0, 0.05) is 43.0 Å². The van der Waals surface area contributed by atoms with E-state index in [2.05, 4.69) is 20.2 Å². The maximum Gasteiger partial charge on any atom is 0.274 e. The molecule has 1 saturated carbocycles. The van der Waals surface area contributed by atoms with Gasteiger partial charge in [0.05, 0.1) is 0 Å². The fourth-order valence-corrected chi connectivity index (χ4v) is 3.07. The molecule has 0 atom stereocenters. The number of nitrogens with one attached hydrogen (secondary N) is 2. The highest BCUT2D eigenvalue weighted by Crippen LogP contribution is 2.39. The second kappa shape index (κ2) is 5.02. The number of aromatic amines is 2. The van der Waals surface area contributed by atoms with Crippen LogP contribution in [0, 0.1) is 0 Å². The van der Waals surface area contributed by atoms with Crippen molar-refractivity contribution in [3.8, 4) is 0 Å². The molecule has 0 unspecified atom stereocenters. The normalized spacial score (nSPS) is 19.9. The minimum Gasteiger partial charge on any atom is -0.348 e. The number of carbonyl (C=O) groups is 1. The zero-order valence-corrected chi connectivity index (χ0v) is 11.9. The number of piperidine rings is 1. The zero-order valence-electron chi connectivity index (χ0n) is 11.9. The van der Waals surface area contributed by atoms with Gasteiger partial charge in [-0.3, -0.25) is 9.89 Å². The van der Waals surface area contributed by atoms with Crippen LogP contribution in [-0.4, -0.2) is 44.1 Å². The average Bonchev–Trinajstić information content (AvgIpc) is 3.05. The first kappa shape index (κ1) is 12.6. The molecule has 2 aliphatic rings. The zero-order chi connectivity index (χ0) is 14.2. The first-order valence-corrected chi connectivity index (χ1v) is 7.65. The first-order valence-electron chi connectivity index (χ1n) is 7.65. The monoisotopic (exact) mass is 285 g/mol. The summed E-state index contributed by atoms with van der Waals surface area (Å²) >= 11 is 0. The van der Waals surface area contributed by atoms with E-state index in [0.717, 1.165) is 37.4 Å². The standard InChI is InChI=1S/C15H19N5O/c21-15(13-9-12(18-19-13)10-1-2-10)20-7-3-11(4-8-20)14-16-5-6-17-14/h5-6,9-11H,1-4,7-8H2,(H,16,17)(H,18,19). The van der Waals surface area contributed by atoms with Gasteiger partial charge >= 0.3 is 0 Å². The van der Waals surface area contributed by atoms with Crippen LogP contribution in [-0.2, 0) is 0 Å². The molecule has 4 rings (SSSR count). The van der Waals surface area contributed by atoms with E-state index in [0.29, 0.717) is 17.5 Å². The second-order valence-electron chi connectivity index (χ2n) is 6.02. The van der Waals surface area contributed by atoms with Crippen LogP contribution in [0.3, 0.4) is 0 Å². The Bertz CT molecular complexity index is 620. The van der Waals surface area contributed by atoms with Crippen molar-refractivity contribution in [3.63, 3.8) is 0 Å². The molecule has 0 bridgehead atoms. The fraction of sp³-hybridized carbons (Fsp3) is 0.533. The van der Waals surface area contributed by atoms with E-state index in [4.69, 9.17) is 0 Å². The third-order valence-electron chi connectivity index (χ3n) is 4.52. The van der Waals surface area contributed by atoms with Crippen LogP contribution in [0.4, 0.5) is 0 Å². The largest absolute Gasteiger partial charge is 0.348 e. The highest BCUT2D eigenvalue weighted by Gasteiger charge is 2.29. The number of rotatable bonds is 3. The third-order valence-corrected chi connectivity index (χ3v) is 4.52. The van der Waals surface area contributed by atoms with E-state index in [9.17, 15) is 4.79 Å². The maximum absolute atomic E-state index is 12.5. The number of nitrogens with zero attached hydrogens (tertiary/aromatic N) is 3. The molecule has 1 aliphatic heterocycles. The molecule has 0 spiro atoms. The predicted octanol–water partition coefficient (Wildman–Crippen LogP) is 2.03. The van der Waals surface area contributed by atoms with Crippen molar-refractivity contribution < 1.29 is 4.79 Å². The molecule has 0 aromatic carbocycles. The third kappa shape index (κ3) is 2.46. The average molecular weight is 285 g/mol. The minimum absolute atomic E-state index is 0.0519. The van der Waals surface area contributed by atoms with Gasteiger partial charge in [0.15, 0.2) is 0 Å². The van der Waals surface area contributed by atoms with Crippen molar-refractivity contribution in [3.05, 3.63) is 35.7 Å². The van der Waals surface area contributed by atoms with Crippen molar-refractivity contribution in [2.45, 2.75) is 37.5 Å². The van der Waals surface area contributed by atoms with Crippen LogP contribution in [0.5, 0.6) is 0 Å². The molecule has 110 valence electrons. The van der Waals surface area contributed by atoms with Crippen LogP contribution < -0.4 is 0 Å². The summed E-state index contributed by atoms with van der Waals surface area (Å²) in [6, 6.07) is 1.93. The molecule has 6 nitrogen and oxygen atoms in total. The summed E-state index contributed by atoms with van der Waals surface area (Å²) in [4.78, 5) is 21.9. The van der Waals surface area contributed by atoms with Gasteiger partial charge in [0.1, 0.15) is 11.5 Å². The minimum atomic E-state index is 0.0519. The number of aromatic nitrogens is 4. The van der Waals surface area contributed by atoms with Crippen LogP contribution in [0.2, 0.25) is 0 Å². The van der Waals surface area contributed by atoms with Gasteiger partial charge < -0.3 is 9.88 Å². The molecule has 0 radical (unpaired) electrons. The lowest BCUT2D eigenvalue weighted by molar-refractivity contribution is 0.0705. The van der Waals surface area contributed by atoms with Crippen LogP contribution in [0.25, 0.3) is 0 Å². The van der Waals surface area contributed by atoms with Gasteiger partial charge in [0.2, 0.25) is 0 Å². The predicted molar refractivity (Wildman–Crippen MR) is 77.0 cm³/mol. The summed E-state index contributed by atoms with van der Waals surface area (Å²) in [6.07, 6.45) is 7.99. The van der Waals surface area contributed by atoms with Crippen molar-refractivity contribution in [1.82, 2.24) is 25.1 Å². The Balaban J connectivity index is 1.39. The van der Waals surface area contributed by atoms with Gasteiger partial charge in [-0.15, -0.1) is 0 Å². The van der Waals surface area contributed by atoms with E-state index in [1.807, 2.05) is 17.2 Å². The molecule has 2 aromatic heterocycles. The highest BCUT2D eigenvalue weighted by atomic mass is 16.2. The summed E-state index contributed by atoms with van der Waals surface area (Å²) in [5, 5.41) is 7.19. The molecule has 1 amide bonds. The Kier molecular flexibility index (Phi) is 3.02. The molecule has 3 heterocycles. The molecule has 2 fully saturated rings. The number of hydrogen-bond donors (Lipinski definition) is 2.